The molecule has 0 radical (unpaired) electrons. The molecule has 1 saturated heterocycles. The van der Waals surface area contributed by atoms with Crippen molar-refractivity contribution in [2.45, 2.75) is 13.1 Å². The van der Waals surface area contributed by atoms with Crippen LogP contribution in [0, 0.1) is 0 Å². The summed E-state index contributed by atoms with van der Waals surface area (Å²) < 4.78 is 0. The Labute approximate surface area is 126 Å². The lowest BCUT2D eigenvalue weighted by atomic mass is 10.1. The molecule has 0 bridgehead atoms. The molecule has 0 amide bonds. The van der Waals surface area contributed by atoms with Gasteiger partial charge in [-0.2, -0.15) is 0 Å². The van der Waals surface area contributed by atoms with Crippen molar-refractivity contribution < 1.29 is 0 Å². The standard InChI is InChI=1S/C16H23N5/c1-20-7-9-21(10-8-20)13-14-3-2-4-15(11-14)19-12-16-17-5-6-18-16/h2-6,11,19H,7-10,12-13H2,1H3,(H,17,18). The van der Waals surface area contributed by atoms with Gasteiger partial charge in [-0.3, -0.25) is 4.90 Å². The molecule has 2 aromatic rings. The number of anilines is 1. The lowest BCUT2D eigenvalue weighted by molar-refractivity contribution is 0.148. The fraction of sp³-hybridized carbons (Fsp3) is 0.438. The molecule has 0 saturated carbocycles. The molecule has 0 spiro atoms. The van der Waals surface area contributed by atoms with Gasteiger partial charge in [-0.05, 0) is 24.7 Å². The van der Waals surface area contributed by atoms with Gasteiger partial charge in [-0.25, -0.2) is 4.98 Å². The maximum Gasteiger partial charge on any atom is 0.125 e. The Hall–Kier alpha value is -1.85. The number of H-pyrrole nitrogens is 1. The number of hydrogen-bond donors (Lipinski definition) is 2. The van der Waals surface area contributed by atoms with Crippen LogP contribution in [0.15, 0.2) is 36.7 Å². The molecular weight excluding hydrogens is 262 g/mol. The molecule has 1 fully saturated rings. The summed E-state index contributed by atoms with van der Waals surface area (Å²) in [5.74, 6) is 0.958. The van der Waals surface area contributed by atoms with Gasteiger partial charge >= 0.3 is 0 Å². The lowest BCUT2D eigenvalue weighted by Crippen LogP contribution is -2.43. The average Bonchev–Trinajstić information content (AvgIpc) is 3.01. The van der Waals surface area contributed by atoms with Crippen LogP contribution in [0.4, 0.5) is 5.69 Å². The van der Waals surface area contributed by atoms with Crippen molar-refractivity contribution in [3.63, 3.8) is 0 Å². The second-order valence-corrected chi connectivity index (χ2v) is 5.67. The van der Waals surface area contributed by atoms with Crippen LogP contribution in [0.25, 0.3) is 0 Å². The summed E-state index contributed by atoms with van der Waals surface area (Å²) in [5.41, 5.74) is 2.52. The van der Waals surface area contributed by atoms with E-state index in [2.05, 4.69) is 56.4 Å². The zero-order valence-electron chi connectivity index (χ0n) is 12.5. The minimum absolute atomic E-state index is 0.727. The Bertz CT molecular complexity index is 544. The topological polar surface area (TPSA) is 47.2 Å². The number of rotatable bonds is 5. The fourth-order valence-corrected chi connectivity index (χ4v) is 2.62. The van der Waals surface area contributed by atoms with E-state index in [1.54, 1.807) is 6.20 Å². The molecule has 0 unspecified atom stereocenters. The Kier molecular flexibility index (Phi) is 4.52. The van der Waals surface area contributed by atoms with Gasteiger partial charge < -0.3 is 15.2 Å². The Morgan fingerprint density at radius 2 is 2.10 bits per heavy atom. The predicted octanol–water partition coefficient (Wildman–Crippen LogP) is 1.77. The quantitative estimate of drug-likeness (QED) is 0.879. The zero-order chi connectivity index (χ0) is 14.5. The molecular formula is C16H23N5. The van der Waals surface area contributed by atoms with Crippen LogP contribution >= 0.6 is 0 Å². The SMILES string of the molecule is CN1CCN(Cc2cccc(NCc3ncc[nH]3)c2)CC1. The van der Waals surface area contributed by atoms with Crippen LogP contribution in [0.1, 0.15) is 11.4 Å². The van der Waals surface area contributed by atoms with Gasteiger partial charge in [0.15, 0.2) is 0 Å². The zero-order valence-corrected chi connectivity index (χ0v) is 12.5. The highest BCUT2D eigenvalue weighted by molar-refractivity contribution is 5.45. The summed E-state index contributed by atoms with van der Waals surface area (Å²) in [4.78, 5) is 12.2. The molecule has 2 heterocycles. The lowest BCUT2D eigenvalue weighted by Gasteiger charge is -2.32. The van der Waals surface area contributed by atoms with E-state index in [4.69, 9.17) is 0 Å². The van der Waals surface area contributed by atoms with E-state index in [0.29, 0.717) is 0 Å². The maximum absolute atomic E-state index is 4.22. The van der Waals surface area contributed by atoms with Crippen LogP contribution in [-0.4, -0.2) is 53.0 Å². The largest absolute Gasteiger partial charge is 0.378 e. The second kappa shape index (κ2) is 6.74. The van der Waals surface area contributed by atoms with Crippen LogP contribution in [0.3, 0.4) is 0 Å². The normalized spacial score (nSPS) is 17.0. The van der Waals surface area contributed by atoms with E-state index < -0.39 is 0 Å². The Morgan fingerprint density at radius 3 is 2.86 bits per heavy atom. The highest BCUT2D eigenvalue weighted by atomic mass is 15.2. The van der Waals surface area contributed by atoms with Crippen molar-refractivity contribution in [3.05, 3.63) is 48.0 Å². The molecule has 3 rings (SSSR count). The molecule has 112 valence electrons. The first-order valence-corrected chi connectivity index (χ1v) is 7.51. The smallest absolute Gasteiger partial charge is 0.125 e. The van der Waals surface area contributed by atoms with E-state index in [1.807, 2.05) is 6.20 Å². The first kappa shape index (κ1) is 14.1. The molecule has 1 aliphatic heterocycles. The summed E-state index contributed by atoms with van der Waals surface area (Å²) >= 11 is 0. The number of likely N-dealkylation sites (N-methyl/N-ethyl adjacent to an activating group) is 1. The van der Waals surface area contributed by atoms with Gasteiger partial charge in [0.1, 0.15) is 5.82 Å². The number of benzene rings is 1. The number of imidazole rings is 1. The second-order valence-electron chi connectivity index (χ2n) is 5.67. The monoisotopic (exact) mass is 285 g/mol. The van der Waals surface area contributed by atoms with Crippen LogP contribution in [0.5, 0.6) is 0 Å². The van der Waals surface area contributed by atoms with Crippen molar-refractivity contribution in [3.8, 4) is 0 Å². The molecule has 1 aromatic heterocycles. The number of nitrogens with one attached hydrogen (secondary N) is 2. The number of aromatic nitrogens is 2. The van der Waals surface area contributed by atoms with Gasteiger partial charge in [0.25, 0.3) is 0 Å². The number of piperazine rings is 1. The summed E-state index contributed by atoms with van der Waals surface area (Å²) in [6.07, 6.45) is 3.63. The first-order chi connectivity index (χ1) is 10.3. The Balaban J connectivity index is 1.55. The number of nitrogens with zero attached hydrogens (tertiary/aromatic N) is 3. The van der Waals surface area contributed by atoms with Crippen molar-refractivity contribution in [2.75, 3.05) is 38.5 Å². The first-order valence-electron chi connectivity index (χ1n) is 7.51. The minimum Gasteiger partial charge on any atom is -0.378 e. The fourth-order valence-electron chi connectivity index (χ4n) is 2.62. The van der Waals surface area contributed by atoms with Gasteiger partial charge in [-0.15, -0.1) is 0 Å². The molecule has 5 heteroatoms. The van der Waals surface area contributed by atoms with Crippen molar-refractivity contribution in [1.29, 1.82) is 0 Å². The van der Waals surface area contributed by atoms with Gasteiger partial charge in [0, 0.05) is 50.8 Å². The van der Waals surface area contributed by atoms with Crippen LogP contribution in [0.2, 0.25) is 0 Å². The van der Waals surface area contributed by atoms with Gasteiger partial charge in [0.05, 0.1) is 6.54 Å². The molecule has 0 aliphatic carbocycles. The molecule has 1 aromatic carbocycles. The van der Waals surface area contributed by atoms with Crippen molar-refractivity contribution in [1.82, 2.24) is 19.8 Å². The van der Waals surface area contributed by atoms with Gasteiger partial charge in [-0.1, -0.05) is 12.1 Å². The highest BCUT2D eigenvalue weighted by Crippen LogP contribution is 2.14. The third-order valence-corrected chi connectivity index (χ3v) is 3.94. The van der Waals surface area contributed by atoms with Crippen LogP contribution in [-0.2, 0) is 13.1 Å². The van der Waals surface area contributed by atoms with E-state index in [1.165, 1.54) is 5.56 Å². The maximum atomic E-state index is 4.22. The molecule has 5 nitrogen and oxygen atoms in total. The average molecular weight is 285 g/mol. The van der Waals surface area contributed by atoms with Gasteiger partial charge in [0.2, 0.25) is 0 Å². The van der Waals surface area contributed by atoms with E-state index in [0.717, 1.165) is 50.8 Å². The van der Waals surface area contributed by atoms with Crippen molar-refractivity contribution >= 4 is 5.69 Å². The van der Waals surface area contributed by atoms with Crippen molar-refractivity contribution in [2.24, 2.45) is 0 Å². The minimum atomic E-state index is 0.727. The van der Waals surface area contributed by atoms with E-state index in [-0.39, 0.29) is 0 Å². The van der Waals surface area contributed by atoms with Crippen LogP contribution < -0.4 is 5.32 Å². The number of aromatic amines is 1. The summed E-state index contributed by atoms with van der Waals surface area (Å²) in [6, 6.07) is 8.67. The molecule has 1 aliphatic rings. The molecule has 21 heavy (non-hydrogen) atoms. The molecule has 0 atom stereocenters. The Morgan fingerprint density at radius 1 is 1.24 bits per heavy atom. The van der Waals surface area contributed by atoms with E-state index >= 15 is 0 Å². The number of hydrogen-bond acceptors (Lipinski definition) is 4. The third kappa shape index (κ3) is 4.06. The highest BCUT2D eigenvalue weighted by Gasteiger charge is 2.13. The summed E-state index contributed by atoms with van der Waals surface area (Å²) in [6.45, 7) is 6.39. The third-order valence-electron chi connectivity index (χ3n) is 3.94. The predicted molar refractivity (Wildman–Crippen MR) is 85.1 cm³/mol. The molecule has 2 N–H and O–H groups in total. The van der Waals surface area contributed by atoms with E-state index in [9.17, 15) is 0 Å². The summed E-state index contributed by atoms with van der Waals surface area (Å²) in [7, 11) is 2.19. The summed E-state index contributed by atoms with van der Waals surface area (Å²) in [5, 5.41) is 3.41.